The summed E-state index contributed by atoms with van der Waals surface area (Å²) in [6, 6.07) is 14.1. The molecular weight excluding hydrogens is 248 g/mol. The van der Waals surface area contributed by atoms with Crippen molar-refractivity contribution in [3.8, 4) is 5.75 Å². The molecule has 2 aliphatic heterocycles. The van der Waals surface area contributed by atoms with Crippen LogP contribution in [0.25, 0.3) is 11.1 Å². The summed E-state index contributed by atoms with van der Waals surface area (Å²) in [6.07, 6.45) is 3.83. The molecule has 2 aromatic carbocycles. The quantitative estimate of drug-likeness (QED) is 0.762. The van der Waals surface area contributed by atoms with E-state index in [4.69, 9.17) is 4.74 Å². The van der Waals surface area contributed by atoms with E-state index in [1.165, 1.54) is 0 Å². The fourth-order valence-corrected chi connectivity index (χ4v) is 2.62. The molecular formula is C17H12N2O. The number of rotatable bonds is 1. The molecule has 0 atom stereocenters. The highest BCUT2D eigenvalue weighted by atomic mass is 16.5. The minimum absolute atomic E-state index is 0.843. The molecule has 3 nitrogen and oxygen atoms in total. The van der Waals surface area contributed by atoms with Gasteiger partial charge in [-0.3, -0.25) is 9.98 Å². The van der Waals surface area contributed by atoms with Crippen LogP contribution in [0.5, 0.6) is 5.75 Å². The maximum atomic E-state index is 5.31. The molecule has 0 aliphatic carbocycles. The van der Waals surface area contributed by atoms with Gasteiger partial charge in [-0.2, -0.15) is 0 Å². The Bertz CT molecular complexity index is 800. The van der Waals surface area contributed by atoms with Crippen molar-refractivity contribution in [2.45, 2.75) is 0 Å². The third-order valence-corrected chi connectivity index (χ3v) is 3.64. The van der Waals surface area contributed by atoms with Gasteiger partial charge in [0.1, 0.15) is 5.75 Å². The van der Waals surface area contributed by atoms with E-state index in [1.807, 2.05) is 48.8 Å². The third-order valence-electron chi connectivity index (χ3n) is 3.64. The van der Waals surface area contributed by atoms with Gasteiger partial charge in [0.15, 0.2) is 0 Å². The normalized spacial score (nSPS) is 18.2. The second-order valence-corrected chi connectivity index (χ2v) is 4.74. The van der Waals surface area contributed by atoms with Gasteiger partial charge in [0.05, 0.1) is 18.5 Å². The zero-order valence-corrected chi connectivity index (χ0v) is 11.0. The highest BCUT2D eigenvalue weighted by molar-refractivity contribution is 6.36. The van der Waals surface area contributed by atoms with Crippen LogP contribution in [-0.4, -0.2) is 19.5 Å². The summed E-state index contributed by atoms with van der Waals surface area (Å²) in [5, 5.41) is 0. The molecule has 0 radical (unpaired) electrons. The summed E-state index contributed by atoms with van der Waals surface area (Å²) >= 11 is 0. The fraction of sp³-hybridized carbons (Fsp3) is 0.0588. The van der Waals surface area contributed by atoms with E-state index in [9.17, 15) is 0 Å². The minimum Gasteiger partial charge on any atom is -0.497 e. The van der Waals surface area contributed by atoms with E-state index in [0.29, 0.717) is 0 Å². The maximum absolute atomic E-state index is 5.31. The first-order valence-corrected chi connectivity index (χ1v) is 6.47. The van der Waals surface area contributed by atoms with E-state index in [0.717, 1.165) is 39.4 Å². The van der Waals surface area contributed by atoms with Crippen LogP contribution in [0.3, 0.4) is 0 Å². The lowest BCUT2D eigenvalue weighted by Gasteiger charge is -2.06. The number of nitrogens with zero attached hydrogens (tertiary/aromatic N) is 2. The molecule has 4 rings (SSSR count). The summed E-state index contributed by atoms with van der Waals surface area (Å²) in [5.74, 6) is 0.843. The van der Waals surface area contributed by atoms with Crippen LogP contribution < -0.4 is 4.74 Å². The van der Waals surface area contributed by atoms with Gasteiger partial charge in [-0.05, 0) is 24.3 Å². The summed E-state index contributed by atoms with van der Waals surface area (Å²) in [6.45, 7) is 0. The lowest BCUT2D eigenvalue weighted by molar-refractivity contribution is 0.415. The predicted octanol–water partition coefficient (Wildman–Crippen LogP) is 4.04. The van der Waals surface area contributed by atoms with Crippen molar-refractivity contribution < 1.29 is 4.74 Å². The Kier molecular flexibility index (Phi) is 2.33. The van der Waals surface area contributed by atoms with E-state index >= 15 is 0 Å². The van der Waals surface area contributed by atoms with Gasteiger partial charge < -0.3 is 4.74 Å². The Labute approximate surface area is 117 Å². The zero-order chi connectivity index (χ0) is 13.5. The summed E-state index contributed by atoms with van der Waals surface area (Å²) < 4.78 is 5.31. The number of allylic oxidation sites excluding steroid dienone is 2. The number of fused-ring (bicyclic) bond motifs is 2. The van der Waals surface area contributed by atoms with Gasteiger partial charge in [0.2, 0.25) is 0 Å². The highest BCUT2D eigenvalue weighted by Crippen LogP contribution is 2.41. The summed E-state index contributed by atoms with van der Waals surface area (Å²) in [7, 11) is 1.68. The topological polar surface area (TPSA) is 34.0 Å². The monoisotopic (exact) mass is 260 g/mol. The minimum atomic E-state index is 0.843. The van der Waals surface area contributed by atoms with Crippen molar-refractivity contribution in [3.63, 3.8) is 0 Å². The van der Waals surface area contributed by atoms with Crippen molar-refractivity contribution in [2.24, 2.45) is 9.98 Å². The van der Waals surface area contributed by atoms with Crippen LogP contribution in [-0.2, 0) is 0 Å². The Balaban J connectivity index is 1.94. The molecule has 0 bridgehead atoms. The number of benzene rings is 2. The average molecular weight is 260 g/mol. The fourth-order valence-electron chi connectivity index (χ4n) is 2.62. The van der Waals surface area contributed by atoms with E-state index in [-0.39, 0.29) is 0 Å². The Morgan fingerprint density at radius 2 is 1.50 bits per heavy atom. The predicted molar refractivity (Wildman–Crippen MR) is 82.6 cm³/mol. The molecule has 2 aliphatic rings. The molecule has 20 heavy (non-hydrogen) atoms. The molecule has 0 unspecified atom stereocenters. The first-order chi connectivity index (χ1) is 9.86. The van der Waals surface area contributed by atoms with Gasteiger partial charge in [0, 0.05) is 34.7 Å². The number of aliphatic imine (C=N–C) groups is 2. The van der Waals surface area contributed by atoms with Gasteiger partial charge >= 0.3 is 0 Å². The van der Waals surface area contributed by atoms with Crippen LogP contribution in [0.4, 0.5) is 11.4 Å². The average Bonchev–Trinajstić information content (AvgIpc) is 3.09. The van der Waals surface area contributed by atoms with E-state index in [2.05, 4.69) is 16.1 Å². The van der Waals surface area contributed by atoms with Crippen LogP contribution in [0.15, 0.2) is 52.4 Å². The Morgan fingerprint density at radius 1 is 0.800 bits per heavy atom. The summed E-state index contributed by atoms with van der Waals surface area (Å²) in [4.78, 5) is 8.94. The molecule has 0 N–H and O–H groups in total. The molecule has 3 heteroatoms. The Hall–Kier alpha value is -2.68. The largest absolute Gasteiger partial charge is 0.497 e. The molecule has 0 saturated carbocycles. The molecule has 96 valence electrons. The molecule has 0 aromatic heterocycles. The smallest absolute Gasteiger partial charge is 0.119 e. The number of hydrogen-bond acceptors (Lipinski definition) is 3. The van der Waals surface area contributed by atoms with Crippen LogP contribution in [0, 0.1) is 0 Å². The lowest BCUT2D eigenvalue weighted by atomic mass is 9.97. The van der Waals surface area contributed by atoms with Crippen molar-refractivity contribution in [3.05, 3.63) is 53.6 Å². The lowest BCUT2D eigenvalue weighted by Crippen LogP contribution is -1.90. The van der Waals surface area contributed by atoms with Gasteiger partial charge in [-0.25, -0.2) is 0 Å². The molecule has 0 saturated heterocycles. The second-order valence-electron chi connectivity index (χ2n) is 4.74. The van der Waals surface area contributed by atoms with Crippen LogP contribution in [0.1, 0.15) is 11.1 Å². The van der Waals surface area contributed by atoms with Crippen LogP contribution in [0.2, 0.25) is 0 Å². The molecule has 2 heterocycles. The first-order valence-electron chi connectivity index (χ1n) is 6.47. The van der Waals surface area contributed by atoms with E-state index < -0.39 is 0 Å². The number of methoxy groups -OCH3 is 1. The van der Waals surface area contributed by atoms with Gasteiger partial charge in [-0.15, -0.1) is 0 Å². The molecule has 0 spiro atoms. The van der Waals surface area contributed by atoms with Crippen LogP contribution >= 0.6 is 0 Å². The zero-order valence-electron chi connectivity index (χ0n) is 11.0. The second kappa shape index (κ2) is 4.17. The van der Waals surface area contributed by atoms with Crippen molar-refractivity contribution >= 4 is 35.0 Å². The maximum Gasteiger partial charge on any atom is 0.119 e. The first kappa shape index (κ1) is 11.2. The highest BCUT2D eigenvalue weighted by Gasteiger charge is 2.21. The standard InChI is InChI=1S/C17H12N2O/c1-20-11-6-7-17-13(8-11)15(10-19-17)14-9-18-16-5-3-2-4-12(14)16/h2-10H,1H3. The number of para-hydroxylation sites is 1. The van der Waals surface area contributed by atoms with Gasteiger partial charge in [0.25, 0.3) is 0 Å². The Morgan fingerprint density at radius 3 is 2.30 bits per heavy atom. The number of ether oxygens (including phenoxy) is 1. The third kappa shape index (κ3) is 1.53. The molecule has 2 aromatic rings. The van der Waals surface area contributed by atoms with Crippen molar-refractivity contribution in [2.75, 3.05) is 7.11 Å². The van der Waals surface area contributed by atoms with E-state index in [1.54, 1.807) is 7.11 Å². The number of hydrogen-bond donors (Lipinski definition) is 0. The molecule has 0 fully saturated rings. The van der Waals surface area contributed by atoms with Crippen molar-refractivity contribution in [1.29, 1.82) is 0 Å². The molecule has 0 amide bonds. The summed E-state index contributed by atoms with van der Waals surface area (Å²) in [5.41, 5.74) is 6.47. The van der Waals surface area contributed by atoms with Crippen molar-refractivity contribution in [1.82, 2.24) is 0 Å². The SMILES string of the molecule is COc1ccc2c(c1)C(=C1C=Nc3ccccc31)C=N2. The van der Waals surface area contributed by atoms with Gasteiger partial charge in [-0.1, -0.05) is 18.2 Å².